The second-order valence-corrected chi connectivity index (χ2v) is 4.21. The largest absolute Gasteiger partial charge is 0.354 e. The molecule has 1 atom stereocenters. The zero-order valence-corrected chi connectivity index (χ0v) is 9.70. The minimum absolute atomic E-state index is 0.00429. The van der Waals surface area contributed by atoms with E-state index in [0.717, 1.165) is 6.42 Å². The van der Waals surface area contributed by atoms with Gasteiger partial charge in [-0.1, -0.05) is 30.2 Å². The molecule has 0 aromatic heterocycles. The predicted octanol–water partition coefficient (Wildman–Crippen LogP) is 0.665. The smallest absolute Gasteiger partial charge is 0.234 e. The molecule has 17 heavy (non-hydrogen) atoms. The van der Waals surface area contributed by atoms with Gasteiger partial charge in [-0.15, -0.1) is 6.42 Å². The number of terminal acetylenes is 1. The molecule has 0 spiro atoms. The van der Waals surface area contributed by atoms with Crippen molar-refractivity contribution in [3.63, 3.8) is 0 Å². The number of rotatable bonds is 5. The quantitative estimate of drug-likeness (QED) is 0.574. The van der Waals surface area contributed by atoms with Crippen LogP contribution in [-0.2, 0) is 11.2 Å². The maximum Gasteiger partial charge on any atom is 0.234 e. The Morgan fingerprint density at radius 1 is 1.47 bits per heavy atom. The van der Waals surface area contributed by atoms with E-state index in [1.807, 2.05) is 6.07 Å². The molecule has 0 saturated carbocycles. The molecule has 88 valence electrons. The fourth-order valence-corrected chi connectivity index (χ4v) is 2.09. The first-order valence-corrected chi connectivity index (χ1v) is 5.80. The molecule has 1 aliphatic carbocycles. The highest BCUT2D eigenvalue weighted by Gasteiger charge is 2.25. The van der Waals surface area contributed by atoms with Gasteiger partial charge in [-0.25, -0.2) is 0 Å². The van der Waals surface area contributed by atoms with Crippen LogP contribution < -0.4 is 10.6 Å². The van der Waals surface area contributed by atoms with Crippen molar-refractivity contribution in [1.29, 1.82) is 0 Å². The summed E-state index contributed by atoms with van der Waals surface area (Å²) in [6.45, 7) is 1.44. The third-order valence-corrected chi connectivity index (χ3v) is 3.02. The van der Waals surface area contributed by atoms with Crippen LogP contribution in [0, 0.1) is 12.3 Å². The first-order valence-electron chi connectivity index (χ1n) is 5.80. The summed E-state index contributed by atoms with van der Waals surface area (Å²) in [4.78, 5) is 11.4. The Labute approximate surface area is 102 Å². The van der Waals surface area contributed by atoms with Crippen molar-refractivity contribution in [2.45, 2.75) is 12.3 Å². The lowest BCUT2D eigenvalue weighted by molar-refractivity contribution is -0.120. The molecular formula is C14H16N2O. The Kier molecular flexibility index (Phi) is 3.79. The van der Waals surface area contributed by atoms with Crippen molar-refractivity contribution in [1.82, 2.24) is 10.6 Å². The van der Waals surface area contributed by atoms with Crippen LogP contribution in [0.2, 0.25) is 0 Å². The van der Waals surface area contributed by atoms with E-state index in [0.29, 0.717) is 25.6 Å². The number of amides is 1. The molecular weight excluding hydrogens is 212 g/mol. The number of carbonyl (C=O) groups is 1. The average molecular weight is 228 g/mol. The van der Waals surface area contributed by atoms with E-state index >= 15 is 0 Å². The summed E-state index contributed by atoms with van der Waals surface area (Å²) in [5.74, 6) is 2.91. The fourth-order valence-electron chi connectivity index (χ4n) is 2.09. The first-order chi connectivity index (χ1) is 8.31. The summed E-state index contributed by atoms with van der Waals surface area (Å²) in [6.07, 6.45) is 6.14. The molecule has 3 nitrogen and oxygen atoms in total. The zero-order valence-electron chi connectivity index (χ0n) is 9.70. The molecule has 0 fully saturated rings. The van der Waals surface area contributed by atoms with Crippen molar-refractivity contribution < 1.29 is 4.79 Å². The van der Waals surface area contributed by atoms with Crippen molar-refractivity contribution in [2.75, 3.05) is 19.6 Å². The Morgan fingerprint density at radius 2 is 2.29 bits per heavy atom. The second kappa shape index (κ2) is 5.51. The maximum absolute atomic E-state index is 11.4. The van der Waals surface area contributed by atoms with Crippen molar-refractivity contribution >= 4 is 5.91 Å². The standard InChI is InChI=1S/C14H16N2O/c1-2-7-15-10-14(17)16-9-12-8-11-5-3-4-6-13(11)12/h1,3-6,12,15H,7-10H2,(H,16,17). The van der Waals surface area contributed by atoms with Gasteiger partial charge in [-0.3, -0.25) is 10.1 Å². The molecule has 2 rings (SSSR count). The summed E-state index contributed by atoms with van der Waals surface area (Å²) < 4.78 is 0. The van der Waals surface area contributed by atoms with Crippen LogP contribution in [0.1, 0.15) is 17.0 Å². The van der Waals surface area contributed by atoms with E-state index in [9.17, 15) is 4.79 Å². The summed E-state index contributed by atoms with van der Waals surface area (Å²) in [6, 6.07) is 8.37. The Balaban J connectivity index is 1.71. The predicted molar refractivity (Wildman–Crippen MR) is 67.6 cm³/mol. The highest BCUT2D eigenvalue weighted by Crippen LogP contribution is 2.33. The van der Waals surface area contributed by atoms with Gasteiger partial charge in [0.2, 0.25) is 5.91 Å². The maximum atomic E-state index is 11.4. The third kappa shape index (κ3) is 2.86. The zero-order chi connectivity index (χ0) is 12.1. The van der Waals surface area contributed by atoms with Crippen molar-refractivity contribution in [2.24, 2.45) is 0 Å². The molecule has 0 heterocycles. The van der Waals surface area contributed by atoms with Crippen molar-refractivity contribution in [3.05, 3.63) is 35.4 Å². The number of hydrogen-bond acceptors (Lipinski definition) is 2. The first kappa shape index (κ1) is 11.7. The van der Waals surface area contributed by atoms with Gasteiger partial charge in [0.15, 0.2) is 0 Å². The minimum atomic E-state index is 0.00429. The molecule has 1 aromatic rings. The number of nitrogens with one attached hydrogen (secondary N) is 2. The van der Waals surface area contributed by atoms with E-state index in [1.54, 1.807) is 0 Å². The van der Waals surface area contributed by atoms with Gasteiger partial charge < -0.3 is 5.32 Å². The normalized spacial score (nSPS) is 16.5. The summed E-state index contributed by atoms with van der Waals surface area (Å²) >= 11 is 0. The summed E-state index contributed by atoms with van der Waals surface area (Å²) in [5.41, 5.74) is 2.77. The van der Waals surface area contributed by atoms with Crippen LogP contribution in [-0.4, -0.2) is 25.5 Å². The van der Waals surface area contributed by atoms with Gasteiger partial charge in [0, 0.05) is 12.5 Å². The number of benzene rings is 1. The van der Waals surface area contributed by atoms with E-state index in [4.69, 9.17) is 6.42 Å². The molecule has 2 N–H and O–H groups in total. The number of fused-ring (bicyclic) bond motifs is 1. The number of carbonyl (C=O) groups excluding carboxylic acids is 1. The average Bonchev–Trinajstić information content (AvgIpc) is 2.31. The SMILES string of the molecule is C#CCNCC(=O)NCC1Cc2ccccc21. The molecule has 0 aliphatic heterocycles. The highest BCUT2D eigenvalue weighted by molar-refractivity contribution is 5.78. The van der Waals surface area contributed by atoms with Crippen LogP contribution in [0.4, 0.5) is 0 Å². The van der Waals surface area contributed by atoms with E-state index in [2.05, 4.69) is 34.8 Å². The van der Waals surface area contributed by atoms with E-state index in [1.165, 1.54) is 11.1 Å². The van der Waals surface area contributed by atoms with Crippen molar-refractivity contribution in [3.8, 4) is 12.3 Å². The fraction of sp³-hybridized carbons (Fsp3) is 0.357. The monoisotopic (exact) mass is 228 g/mol. The Hall–Kier alpha value is -1.79. The third-order valence-electron chi connectivity index (χ3n) is 3.02. The summed E-state index contributed by atoms with van der Waals surface area (Å²) in [7, 11) is 0. The molecule has 1 amide bonds. The molecule has 0 radical (unpaired) electrons. The van der Waals surface area contributed by atoms with Gasteiger partial charge in [0.05, 0.1) is 13.1 Å². The lowest BCUT2D eigenvalue weighted by Crippen LogP contribution is -2.38. The van der Waals surface area contributed by atoms with Gasteiger partial charge in [0.25, 0.3) is 0 Å². The molecule has 1 aromatic carbocycles. The van der Waals surface area contributed by atoms with E-state index in [-0.39, 0.29) is 5.91 Å². The Bertz CT molecular complexity index is 448. The van der Waals surface area contributed by atoms with Crippen LogP contribution in [0.25, 0.3) is 0 Å². The van der Waals surface area contributed by atoms with Gasteiger partial charge in [-0.05, 0) is 17.5 Å². The topological polar surface area (TPSA) is 41.1 Å². The van der Waals surface area contributed by atoms with Crippen LogP contribution >= 0.6 is 0 Å². The molecule has 0 bridgehead atoms. The molecule has 1 unspecified atom stereocenters. The molecule has 1 aliphatic rings. The molecule has 3 heteroatoms. The highest BCUT2D eigenvalue weighted by atomic mass is 16.1. The van der Waals surface area contributed by atoms with E-state index < -0.39 is 0 Å². The van der Waals surface area contributed by atoms with Gasteiger partial charge >= 0.3 is 0 Å². The number of hydrogen-bond donors (Lipinski definition) is 2. The lowest BCUT2D eigenvalue weighted by atomic mass is 9.77. The Morgan fingerprint density at radius 3 is 3.06 bits per heavy atom. The van der Waals surface area contributed by atoms with Crippen LogP contribution in [0.15, 0.2) is 24.3 Å². The second-order valence-electron chi connectivity index (χ2n) is 4.21. The van der Waals surface area contributed by atoms with Gasteiger partial charge in [0.1, 0.15) is 0 Å². The minimum Gasteiger partial charge on any atom is -0.354 e. The lowest BCUT2D eigenvalue weighted by Gasteiger charge is -2.30. The van der Waals surface area contributed by atoms with Crippen LogP contribution in [0.3, 0.4) is 0 Å². The van der Waals surface area contributed by atoms with Gasteiger partial charge in [-0.2, -0.15) is 0 Å². The molecule has 0 saturated heterocycles. The summed E-state index contributed by atoms with van der Waals surface area (Å²) in [5, 5.41) is 5.78. The van der Waals surface area contributed by atoms with Crippen LogP contribution in [0.5, 0.6) is 0 Å².